The third-order valence-electron chi connectivity index (χ3n) is 5.24. The number of thiazole rings is 1. The average molecular weight is 544 g/mol. The molecule has 0 unspecified atom stereocenters. The van der Waals surface area contributed by atoms with Crippen LogP contribution in [-0.4, -0.2) is 41.6 Å². The van der Waals surface area contributed by atoms with E-state index in [0.29, 0.717) is 13.0 Å². The highest BCUT2D eigenvalue weighted by Crippen LogP contribution is 2.31. The van der Waals surface area contributed by atoms with Crippen molar-refractivity contribution >= 4 is 57.2 Å². The zero-order chi connectivity index (χ0) is 27.4. The van der Waals surface area contributed by atoms with Crippen molar-refractivity contribution in [2.45, 2.75) is 33.2 Å². The van der Waals surface area contributed by atoms with Crippen molar-refractivity contribution < 1.29 is 24.4 Å². The van der Waals surface area contributed by atoms with Crippen LogP contribution in [0.25, 0.3) is 0 Å². The third-order valence-corrected chi connectivity index (χ3v) is 6.72. The fourth-order valence-corrected chi connectivity index (χ4v) is 4.68. The lowest BCUT2D eigenvalue weighted by Gasteiger charge is -2.41. The molecule has 1 heterocycles. The smallest absolute Gasteiger partial charge is 0.408 e. The Labute approximate surface area is 226 Å². The number of azo groups is 1. The van der Waals surface area contributed by atoms with Crippen molar-refractivity contribution in [2.75, 3.05) is 28.6 Å². The van der Waals surface area contributed by atoms with Gasteiger partial charge in [-0.2, -0.15) is 11.8 Å². The predicted molar refractivity (Wildman–Crippen MR) is 148 cm³/mol. The van der Waals surface area contributed by atoms with Crippen LogP contribution in [0.15, 0.2) is 70.3 Å². The normalized spacial score (nSPS) is 11.5. The number of benzene rings is 2. The molecule has 0 saturated heterocycles. The average Bonchev–Trinajstić information content (AvgIpc) is 3.27. The number of hydrazine groups is 1. The maximum absolute atomic E-state index is 12.3. The van der Waals surface area contributed by atoms with Gasteiger partial charge in [0.1, 0.15) is 17.9 Å². The number of aliphatic carboxylic acids is 2. The zero-order valence-corrected chi connectivity index (χ0v) is 23.3. The Morgan fingerprint density at radius 2 is 1.84 bits per heavy atom. The summed E-state index contributed by atoms with van der Waals surface area (Å²) in [7, 11) is 1.94. The Morgan fingerprint density at radius 3 is 2.35 bits per heavy atom. The predicted octanol–water partition coefficient (Wildman–Crippen LogP) is 4.51. The van der Waals surface area contributed by atoms with Gasteiger partial charge in [-0.3, -0.25) is 10.0 Å². The van der Waals surface area contributed by atoms with Gasteiger partial charge in [0, 0.05) is 17.9 Å². The molecule has 1 aromatic heterocycles. The molecular weight excluding hydrogens is 510 g/mol. The Bertz CT molecular complexity index is 1180. The van der Waals surface area contributed by atoms with Crippen LogP contribution in [-0.2, 0) is 16.6 Å². The maximum Gasteiger partial charge on any atom is 0.408 e. The molecule has 0 fully saturated rings. The van der Waals surface area contributed by atoms with Crippen LogP contribution in [0, 0.1) is 6.92 Å². The van der Waals surface area contributed by atoms with E-state index in [1.54, 1.807) is 11.8 Å². The number of thioether (sulfide) groups is 1. The molecule has 1 N–H and O–H groups in total. The van der Waals surface area contributed by atoms with Crippen LogP contribution in [0.4, 0.5) is 22.2 Å². The van der Waals surface area contributed by atoms with E-state index in [0.717, 1.165) is 40.4 Å². The first-order valence-electron chi connectivity index (χ1n) is 11.7. The lowest BCUT2D eigenvalue weighted by Crippen LogP contribution is -2.53. The number of carboxylic acid groups (broad SMARTS) is 2. The third kappa shape index (κ3) is 8.87. The van der Waals surface area contributed by atoms with Crippen LogP contribution >= 0.6 is 23.1 Å². The highest BCUT2D eigenvalue weighted by molar-refractivity contribution is 7.98. The van der Waals surface area contributed by atoms with Gasteiger partial charge < -0.3 is 15.0 Å². The monoisotopic (exact) mass is 543 g/mol. The summed E-state index contributed by atoms with van der Waals surface area (Å²) in [4.78, 5) is 21.2. The van der Waals surface area contributed by atoms with Crippen LogP contribution in [0.5, 0.6) is 0 Å². The first-order chi connectivity index (χ1) is 17.7. The Balaban J connectivity index is 0.00000112. The second-order valence-corrected chi connectivity index (χ2v) is 9.85. The highest BCUT2D eigenvalue weighted by Gasteiger charge is 2.30. The van der Waals surface area contributed by atoms with Crippen molar-refractivity contribution in [3.8, 4) is 0 Å². The van der Waals surface area contributed by atoms with Crippen LogP contribution < -0.4 is 19.7 Å². The van der Waals surface area contributed by atoms with E-state index in [4.69, 9.17) is 9.90 Å². The SMILES string of the molecule is CC(=O)[O-].CCN(c1ccc(N=Nc2scc[n+]2C)c(C)c1)N(c1ccccc1)[C@@H](CCSC)C(=O)O. The second kappa shape index (κ2) is 15.0. The molecule has 198 valence electrons. The minimum Gasteiger partial charge on any atom is -0.550 e. The number of rotatable bonds is 11. The topological polar surface area (TPSA) is 113 Å². The number of carbonyl (C=O) groups excluding carboxylic acids is 1. The first kappa shape index (κ1) is 29.8. The summed E-state index contributed by atoms with van der Waals surface area (Å²) < 4.78 is 1.93. The van der Waals surface area contributed by atoms with Gasteiger partial charge in [-0.25, -0.2) is 9.36 Å². The number of carboxylic acids is 2. The summed E-state index contributed by atoms with van der Waals surface area (Å²) in [5.74, 6) is -1.16. The summed E-state index contributed by atoms with van der Waals surface area (Å²) in [6.45, 7) is 5.61. The van der Waals surface area contributed by atoms with Crippen molar-refractivity contribution in [1.82, 2.24) is 0 Å². The quantitative estimate of drug-likeness (QED) is 0.215. The summed E-state index contributed by atoms with van der Waals surface area (Å²) in [6, 6.07) is 15.0. The molecule has 0 aliphatic rings. The maximum atomic E-state index is 12.3. The standard InChI is InChI=1S/C24H29N5O2S2.C2H4O2/c1-5-28(29(19-9-7-6-8-10-19)22(23(30)31)13-15-32-4)20-11-12-21(18(2)17-20)25-26-24-27(3)14-16-33-24;1-2(3)4/h6-12,14,16-17,22H,5,13,15H2,1-4H3;1H3,(H,3,4)/t22-;/m0./s1. The molecule has 0 saturated carbocycles. The number of hydrogen-bond acceptors (Lipinski definition) is 9. The number of aryl methyl sites for hydroxylation is 2. The van der Waals surface area contributed by atoms with E-state index in [1.807, 2.05) is 102 Å². The molecule has 0 aliphatic heterocycles. The molecule has 2 aromatic carbocycles. The van der Waals surface area contributed by atoms with Gasteiger partial charge in [0.15, 0.2) is 0 Å². The van der Waals surface area contributed by atoms with E-state index >= 15 is 0 Å². The van der Waals surface area contributed by atoms with Crippen molar-refractivity contribution in [2.24, 2.45) is 17.3 Å². The fraction of sp³-hybridized carbons (Fsp3) is 0.346. The lowest BCUT2D eigenvalue weighted by atomic mass is 10.1. The number of carbonyl (C=O) groups is 2. The summed E-state index contributed by atoms with van der Waals surface area (Å²) >= 11 is 3.18. The zero-order valence-electron chi connectivity index (χ0n) is 21.7. The van der Waals surface area contributed by atoms with Gasteiger partial charge in [-0.1, -0.05) is 18.2 Å². The second-order valence-electron chi connectivity index (χ2n) is 7.99. The lowest BCUT2D eigenvalue weighted by molar-refractivity contribution is -0.654. The Kier molecular flexibility index (Phi) is 12.0. The molecule has 0 aliphatic carbocycles. The Hall–Kier alpha value is -3.44. The van der Waals surface area contributed by atoms with E-state index < -0.39 is 18.0 Å². The fourth-order valence-electron chi connectivity index (χ4n) is 3.54. The minimum atomic E-state index is -1.08. The van der Waals surface area contributed by atoms with Crippen LogP contribution in [0.2, 0.25) is 0 Å². The van der Waals surface area contributed by atoms with Gasteiger partial charge in [-0.15, -0.1) is 0 Å². The number of hydrogen-bond donors (Lipinski definition) is 1. The number of aromatic nitrogens is 1. The molecule has 0 radical (unpaired) electrons. The van der Waals surface area contributed by atoms with E-state index in [-0.39, 0.29) is 0 Å². The minimum absolute atomic E-state index is 0.533. The summed E-state index contributed by atoms with van der Waals surface area (Å²) in [5.41, 5.74) is 3.51. The van der Waals surface area contributed by atoms with E-state index in [1.165, 1.54) is 11.3 Å². The molecule has 1 atom stereocenters. The molecule has 3 aromatic rings. The Morgan fingerprint density at radius 1 is 1.16 bits per heavy atom. The number of para-hydroxylation sites is 1. The van der Waals surface area contributed by atoms with Gasteiger partial charge in [0.05, 0.1) is 23.5 Å². The molecule has 3 rings (SSSR count). The van der Waals surface area contributed by atoms with E-state index in [9.17, 15) is 9.90 Å². The van der Waals surface area contributed by atoms with Crippen LogP contribution in [0.3, 0.4) is 0 Å². The summed E-state index contributed by atoms with van der Waals surface area (Å²) in [6.07, 6.45) is 4.48. The van der Waals surface area contributed by atoms with Gasteiger partial charge in [0.2, 0.25) is 0 Å². The first-order valence-corrected chi connectivity index (χ1v) is 13.9. The van der Waals surface area contributed by atoms with Crippen molar-refractivity contribution in [3.05, 3.63) is 65.7 Å². The molecule has 9 nitrogen and oxygen atoms in total. The number of anilines is 2. The molecule has 37 heavy (non-hydrogen) atoms. The van der Waals surface area contributed by atoms with Crippen molar-refractivity contribution in [1.29, 1.82) is 0 Å². The molecule has 11 heteroatoms. The highest BCUT2D eigenvalue weighted by atomic mass is 32.2. The van der Waals surface area contributed by atoms with Crippen molar-refractivity contribution in [3.63, 3.8) is 0 Å². The van der Waals surface area contributed by atoms with Crippen LogP contribution in [0.1, 0.15) is 25.8 Å². The van der Waals surface area contributed by atoms with Gasteiger partial charge in [-0.05, 0) is 91.5 Å². The number of nitrogens with zero attached hydrogens (tertiary/aromatic N) is 5. The summed E-state index contributed by atoms with van der Waals surface area (Å²) in [5, 5.41) is 34.5. The molecule has 0 spiro atoms. The largest absolute Gasteiger partial charge is 0.550 e. The van der Waals surface area contributed by atoms with Gasteiger partial charge in [0.25, 0.3) is 0 Å². The van der Waals surface area contributed by atoms with E-state index in [2.05, 4.69) is 10.2 Å². The molecule has 0 amide bonds. The van der Waals surface area contributed by atoms with Gasteiger partial charge >= 0.3 is 11.1 Å². The molecular formula is C26H33N5O4S2. The molecule has 0 bridgehead atoms.